The maximum Gasteiger partial charge on any atom is 0.251 e. The Balaban J connectivity index is 2.20. The lowest BCUT2D eigenvalue weighted by Gasteiger charge is -2.08. The van der Waals surface area contributed by atoms with E-state index in [1.54, 1.807) is 24.3 Å². The Bertz CT molecular complexity index is 377. The van der Waals surface area contributed by atoms with E-state index in [4.69, 9.17) is 10.6 Å². The molecule has 0 unspecified atom stereocenters. The second-order valence-electron chi connectivity index (χ2n) is 4.80. The van der Waals surface area contributed by atoms with Crippen molar-refractivity contribution in [2.45, 2.75) is 20.3 Å². The number of rotatable bonds is 8. The summed E-state index contributed by atoms with van der Waals surface area (Å²) in [6, 6.07) is 7.00. The predicted molar refractivity (Wildman–Crippen MR) is 76.9 cm³/mol. The van der Waals surface area contributed by atoms with Crippen LogP contribution in [0.3, 0.4) is 0 Å². The molecule has 19 heavy (non-hydrogen) atoms. The summed E-state index contributed by atoms with van der Waals surface area (Å²) in [4.78, 5) is 11.8. The Hall–Kier alpha value is -1.59. The first-order valence-corrected chi connectivity index (χ1v) is 6.56. The maximum absolute atomic E-state index is 11.8. The number of nitrogen functional groups attached to an aromatic ring is 1. The van der Waals surface area contributed by atoms with E-state index in [0.717, 1.165) is 18.7 Å². The normalized spacial score (nSPS) is 10.5. The standard InChI is InChI=1S/C14H23N3O2/c1-11(2)10-19-9-3-8-16-14(18)12-4-6-13(17-15)7-5-12/h4-7,11,17H,3,8-10,15H2,1-2H3,(H,16,18). The maximum atomic E-state index is 11.8. The second-order valence-corrected chi connectivity index (χ2v) is 4.80. The van der Waals surface area contributed by atoms with Crippen LogP contribution in [0.5, 0.6) is 0 Å². The van der Waals surface area contributed by atoms with Crippen LogP contribution < -0.4 is 16.6 Å². The number of benzene rings is 1. The van der Waals surface area contributed by atoms with E-state index in [2.05, 4.69) is 24.6 Å². The first kappa shape index (κ1) is 15.5. The zero-order valence-electron chi connectivity index (χ0n) is 11.6. The number of anilines is 1. The number of nitrogens with two attached hydrogens (primary N) is 1. The van der Waals surface area contributed by atoms with Gasteiger partial charge < -0.3 is 15.5 Å². The molecule has 0 spiro atoms. The lowest BCUT2D eigenvalue weighted by Crippen LogP contribution is -2.25. The molecule has 0 radical (unpaired) electrons. The van der Waals surface area contributed by atoms with Gasteiger partial charge in [-0.3, -0.25) is 10.6 Å². The number of nitrogens with one attached hydrogen (secondary N) is 2. The predicted octanol–water partition coefficient (Wildman–Crippen LogP) is 1.76. The van der Waals surface area contributed by atoms with Crippen LogP contribution in [-0.2, 0) is 4.74 Å². The van der Waals surface area contributed by atoms with Crippen molar-refractivity contribution < 1.29 is 9.53 Å². The minimum atomic E-state index is -0.0765. The largest absolute Gasteiger partial charge is 0.381 e. The molecule has 5 nitrogen and oxygen atoms in total. The zero-order chi connectivity index (χ0) is 14.1. The SMILES string of the molecule is CC(C)COCCCNC(=O)c1ccc(NN)cc1. The molecular weight excluding hydrogens is 242 g/mol. The van der Waals surface area contributed by atoms with Gasteiger partial charge in [-0.15, -0.1) is 0 Å². The highest BCUT2D eigenvalue weighted by molar-refractivity contribution is 5.94. The minimum Gasteiger partial charge on any atom is -0.381 e. The summed E-state index contributed by atoms with van der Waals surface area (Å²) in [6.07, 6.45) is 0.820. The van der Waals surface area contributed by atoms with Gasteiger partial charge in [0.2, 0.25) is 0 Å². The Kier molecular flexibility index (Phi) is 6.92. The molecule has 4 N–H and O–H groups in total. The Labute approximate surface area is 114 Å². The van der Waals surface area contributed by atoms with Crippen LogP contribution in [0.25, 0.3) is 0 Å². The molecule has 0 aliphatic rings. The number of carbonyl (C=O) groups is 1. The van der Waals surface area contributed by atoms with Crippen molar-refractivity contribution in [1.29, 1.82) is 0 Å². The summed E-state index contributed by atoms with van der Waals surface area (Å²) in [5.41, 5.74) is 3.92. The second kappa shape index (κ2) is 8.50. The first-order chi connectivity index (χ1) is 9.13. The molecule has 0 saturated carbocycles. The smallest absolute Gasteiger partial charge is 0.251 e. The number of amides is 1. The fourth-order valence-electron chi connectivity index (χ4n) is 1.52. The number of hydrazine groups is 1. The van der Waals surface area contributed by atoms with Crippen molar-refractivity contribution in [3.63, 3.8) is 0 Å². The highest BCUT2D eigenvalue weighted by atomic mass is 16.5. The highest BCUT2D eigenvalue weighted by Gasteiger charge is 2.04. The first-order valence-electron chi connectivity index (χ1n) is 6.56. The van der Waals surface area contributed by atoms with Gasteiger partial charge in [0.1, 0.15) is 0 Å². The van der Waals surface area contributed by atoms with E-state index in [9.17, 15) is 4.79 Å². The fraction of sp³-hybridized carbons (Fsp3) is 0.500. The lowest BCUT2D eigenvalue weighted by atomic mass is 10.2. The number of ether oxygens (including phenoxy) is 1. The minimum absolute atomic E-state index is 0.0765. The molecule has 0 aliphatic heterocycles. The topological polar surface area (TPSA) is 76.4 Å². The van der Waals surface area contributed by atoms with Gasteiger partial charge in [-0.2, -0.15) is 0 Å². The molecular formula is C14H23N3O2. The van der Waals surface area contributed by atoms with Crippen molar-refractivity contribution in [2.75, 3.05) is 25.2 Å². The summed E-state index contributed by atoms with van der Waals surface area (Å²) in [7, 11) is 0. The van der Waals surface area contributed by atoms with Gasteiger partial charge in [-0.1, -0.05) is 13.8 Å². The average molecular weight is 265 g/mol. The summed E-state index contributed by atoms with van der Waals surface area (Å²) in [5.74, 6) is 5.73. The molecule has 5 heteroatoms. The Morgan fingerprint density at radius 2 is 2.00 bits per heavy atom. The molecule has 0 saturated heterocycles. The number of hydrogen-bond acceptors (Lipinski definition) is 4. The van der Waals surface area contributed by atoms with Gasteiger partial charge in [0.05, 0.1) is 0 Å². The van der Waals surface area contributed by atoms with Crippen LogP contribution in [0.15, 0.2) is 24.3 Å². The highest BCUT2D eigenvalue weighted by Crippen LogP contribution is 2.07. The van der Waals surface area contributed by atoms with Gasteiger partial charge in [-0.25, -0.2) is 0 Å². The summed E-state index contributed by atoms with van der Waals surface area (Å²) < 4.78 is 5.44. The van der Waals surface area contributed by atoms with Gasteiger partial charge >= 0.3 is 0 Å². The van der Waals surface area contributed by atoms with Crippen LogP contribution in [0.4, 0.5) is 5.69 Å². The van der Waals surface area contributed by atoms with Crippen molar-refractivity contribution in [1.82, 2.24) is 5.32 Å². The molecule has 0 heterocycles. The van der Waals surface area contributed by atoms with E-state index in [-0.39, 0.29) is 5.91 Å². The molecule has 0 atom stereocenters. The van der Waals surface area contributed by atoms with Gasteiger partial charge in [0, 0.05) is 31.0 Å². The monoisotopic (exact) mass is 265 g/mol. The van der Waals surface area contributed by atoms with E-state index >= 15 is 0 Å². The Morgan fingerprint density at radius 3 is 2.58 bits per heavy atom. The van der Waals surface area contributed by atoms with Crippen LogP contribution in [0.1, 0.15) is 30.6 Å². The molecule has 106 valence electrons. The van der Waals surface area contributed by atoms with E-state index < -0.39 is 0 Å². The molecule has 0 aromatic heterocycles. The molecule has 0 bridgehead atoms. The fourth-order valence-corrected chi connectivity index (χ4v) is 1.52. The van der Waals surface area contributed by atoms with Crippen molar-refractivity contribution in [3.05, 3.63) is 29.8 Å². The third-order valence-corrected chi connectivity index (χ3v) is 2.52. The summed E-state index contributed by atoms with van der Waals surface area (Å²) in [6.45, 7) is 6.28. The average Bonchev–Trinajstić information content (AvgIpc) is 2.42. The van der Waals surface area contributed by atoms with Gasteiger partial charge in [0.15, 0.2) is 0 Å². The molecule has 1 rings (SSSR count). The van der Waals surface area contributed by atoms with Crippen LogP contribution >= 0.6 is 0 Å². The van der Waals surface area contributed by atoms with Crippen LogP contribution in [0, 0.1) is 5.92 Å². The third kappa shape index (κ3) is 6.22. The van der Waals surface area contributed by atoms with Crippen molar-refractivity contribution >= 4 is 11.6 Å². The molecule has 0 aliphatic carbocycles. The van der Waals surface area contributed by atoms with Crippen molar-refractivity contribution in [3.8, 4) is 0 Å². The summed E-state index contributed by atoms with van der Waals surface area (Å²) in [5, 5.41) is 2.85. The van der Waals surface area contributed by atoms with E-state index in [0.29, 0.717) is 24.6 Å². The van der Waals surface area contributed by atoms with E-state index in [1.165, 1.54) is 0 Å². The Morgan fingerprint density at radius 1 is 1.32 bits per heavy atom. The quantitative estimate of drug-likeness (QED) is 0.380. The molecule has 1 amide bonds. The molecule has 1 aromatic carbocycles. The van der Waals surface area contributed by atoms with Gasteiger partial charge in [-0.05, 0) is 36.6 Å². The zero-order valence-corrected chi connectivity index (χ0v) is 11.6. The van der Waals surface area contributed by atoms with Gasteiger partial charge in [0.25, 0.3) is 5.91 Å². The third-order valence-electron chi connectivity index (χ3n) is 2.52. The molecule has 1 aromatic rings. The van der Waals surface area contributed by atoms with E-state index in [1.807, 2.05) is 0 Å². The van der Waals surface area contributed by atoms with Crippen LogP contribution in [0.2, 0.25) is 0 Å². The lowest BCUT2D eigenvalue weighted by molar-refractivity contribution is 0.0925. The van der Waals surface area contributed by atoms with Crippen molar-refractivity contribution in [2.24, 2.45) is 11.8 Å². The number of carbonyl (C=O) groups excluding carboxylic acids is 1. The molecule has 0 fully saturated rings. The number of hydrogen-bond donors (Lipinski definition) is 3. The van der Waals surface area contributed by atoms with Crippen LogP contribution in [-0.4, -0.2) is 25.7 Å². The summed E-state index contributed by atoms with van der Waals surface area (Å²) >= 11 is 0.